The molecule has 0 aliphatic heterocycles. The van der Waals surface area contributed by atoms with E-state index in [1.54, 1.807) is 18.3 Å². The molecule has 0 unspecified atom stereocenters. The predicted octanol–water partition coefficient (Wildman–Crippen LogP) is 1.19. The summed E-state index contributed by atoms with van der Waals surface area (Å²) >= 11 is 0. The van der Waals surface area contributed by atoms with Gasteiger partial charge in [0.1, 0.15) is 5.82 Å². The van der Waals surface area contributed by atoms with Crippen LogP contribution in [0.4, 0.5) is 11.5 Å². The topological polar surface area (TPSA) is 140 Å². The van der Waals surface area contributed by atoms with Gasteiger partial charge in [-0.1, -0.05) is 12.1 Å². The Kier molecular flexibility index (Phi) is 5.24. The lowest BCUT2D eigenvalue weighted by molar-refractivity contribution is -0.119. The molecule has 6 N–H and O–H groups in total. The maximum Gasteiger partial charge on any atom is 0.239 e. The number of hydrogen-bond acceptors (Lipinski definition) is 6. The third-order valence-corrected chi connectivity index (χ3v) is 4.88. The molecule has 1 heterocycles. The molecule has 0 saturated heterocycles. The van der Waals surface area contributed by atoms with Gasteiger partial charge in [0.05, 0.1) is 11.4 Å². The quantitative estimate of drug-likeness (QED) is 0.502. The van der Waals surface area contributed by atoms with E-state index in [1.807, 2.05) is 24.3 Å². The van der Waals surface area contributed by atoms with Gasteiger partial charge in [0.2, 0.25) is 15.9 Å². The number of aromatic nitrogens is 1. The monoisotopic (exact) mass is 385 g/mol. The van der Waals surface area contributed by atoms with Crippen molar-refractivity contribution in [2.24, 2.45) is 5.14 Å². The molecule has 27 heavy (non-hydrogen) atoms. The summed E-state index contributed by atoms with van der Waals surface area (Å²) in [6, 6.07) is 13.5. The molecule has 0 bridgehead atoms. The molecule has 1 aromatic heterocycles. The number of primary sulfonamides is 1. The SMILES string of the molecule is Nc1nccc2cc(NCC(=O)NCc3cccc(S(N)(=O)=O)c3)ccc12. The first-order valence-electron chi connectivity index (χ1n) is 8.09. The molecule has 8 nitrogen and oxygen atoms in total. The van der Waals surface area contributed by atoms with Gasteiger partial charge in [-0.25, -0.2) is 18.5 Å². The molecule has 2 aromatic carbocycles. The number of benzene rings is 2. The van der Waals surface area contributed by atoms with Crippen LogP contribution in [0.3, 0.4) is 0 Å². The molecule has 0 spiro atoms. The zero-order valence-corrected chi connectivity index (χ0v) is 15.2. The van der Waals surface area contributed by atoms with E-state index in [9.17, 15) is 13.2 Å². The number of anilines is 2. The van der Waals surface area contributed by atoms with Crippen molar-refractivity contribution in [3.63, 3.8) is 0 Å². The van der Waals surface area contributed by atoms with Crippen molar-refractivity contribution in [3.05, 3.63) is 60.3 Å². The van der Waals surface area contributed by atoms with Gasteiger partial charge in [0.25, 0.3) is 0 Å². The number of amides is 1. The van der Waals surface area contributed by atoms with Gasteiger partial charge in [-0.15, -0.1) is 0 Å². The highest BCUT2D eigenvalue weighted by Crippen LogP contribution is 2.22. The first-order valence-corrected chi connectivity index (χ1v) is 9.64. The summed E-state index contributed by atoms with van der Waals surface area (Å²) in [6.45, 7) is 0.269. The molecule has 0 atom stereocenters. The Hall–Kier alpha value is -3.17. The molecule has 0 aliphatic rings. The van der Waals surface area contributed by atoms with Crippen LogP contribution in [0, 0.1) is 0 Å². The highest BCUT2D eigenvalue weighted by molar-refractivity contribution is 7.89. The predicted molar refractivity (Wildman–Crippen MR) is 104 cm³/mol. The fraction of sp³-hybridized carbons (Fsp3) is 0.111. The molecule has 3 aromatic rings. The summed E-state index contributed by atoms with van der Waals surface area (Å²) in [5.41, 5.74) is 7.24. The average molecular weight is 385 g/mol. The Morgan fingerprint density at radius 2 is 1.93 bits per heavy atom. The van der Waals surface area contributed by atoms with Crippen LogP contribution in [-0.2, 0) is 21.4 Å². The molecule has 0 saturated carbocycles. The summed E-state index contributed by atoms with van der Waals surface area (Å²) < 4.78 is 22.7. The molecule has 0 fully saturated rings. The van der Waals surface area contributed by atoms with Crippen LogP contribution in [0.25, 0.3) is 10.8 Å². The zero-order chi connectivity index (χ0) is 19.4. The standard InChI is InChI=1S/C18H19N5O3S/c19-18-16-5-4-14(9-13(16)6-7-21-18)22-11-17(24)23-10-12-2-1-3-15(8-12)27(20,25)26/h1-9,22H,10-11H2,(H2,19,21)(H,23,24)(H2,20,25,26). The number of sulfonamides is 1. The smallest absolute Gasteiger partial charge is 0.239 e. The lowest BCUT2D eigenvalue weighted by Gasteiger charge is -2.10. The minimum absolute atomic E-state index is 0.0114. The van der Waals surface area contributed by atoms with Crippen LogP contribution in [0.1, 0.15) is 5.56 Å². The van der Waals surface area contributed by atoms with Crippen molar-refractivity contribution in [1.29, 1.82) is 0 Å². The van der Waals surface area contributed by atoms with Crippen LogP contribution in [-0.4, -0.2) is 25.9 Å². The van der Waals surface area contributed by atoms with Crippen molar-refractivity contribution in [1.82, 2.24) is 10.3 Å². The van der Waals surface area contributed by atoms with Gasteiger partial charge in [-0.3, -0.25) is 4.79 Å². The Labute approximate surface area is 156 Å². The Morgan fingerprint density at radius 1 is 1.11 bits per heavy atom. The lowest BCUT2D eigenvalue weighted by atomic mass is 10.1. The van der Waals surface area contributed by atoms with Crippen molar-refractivity contribution in [2.45, 2.75) is 11.4 Å². The molecule has 140 valence electrons. The molecular formula is C18H19N5O3S. The van der Waals surface area contributed by atoms with Crippen molar-refractivity contribution < 1.29 is 13.2 Å². The van der Waals surface area contributed by atoms with Gasteiger partial charge < -0.3 is 16.4 Å². The summed E-state index contributed by atoms with van der Waals surface area (Å²) in [4.78, 5) is 16.1. The molecule has 0 aliphatic carbocycles. The van der Waals surface area contributed by atoms with Gasteiger partial charge in [-0.05, 0) is 47.3 Å². The summed E-state index contributed by atoms with van der Waals surface area (Å²) in [5.74, 6) is 0.226. The average Bonchev–Trinajstić information content (AvgIpc) is 2.64. The van der Waals surface area contributed by atoms with Crippen LogP contribution in [0.15, 0.2) is 59.6 Å². The van der Waals surface area contributed by atoms with Crippen LogP contribution >= 0.6 is 0 Å². The second kappa shape index (κ2) is 7.60. The number of fused-ring (bicyclic) bond motifs is 1. The van der Waals surface area contributed by atoms with Crippen molar-refractivity contribution in [3.8, 4) is 0 Å². The third-order valence-electron chi connectivity index (χ3n) is 3.96. The van der Waals surface area contributed by atoms with Gasteiger partial charge in [0.15, 0.2) is 0 Å². The van der Waals surface area contributed by atoms with E-state index in [0.717, 1.165) is 16.5 Å². The van der Waals surface area contributed by atoms with E-state index in [2.05, 4.69) is 15.6 Å². The maximum absolute atomic E-state index is 12.0. The van der Waals surface area contributed by atoms with E-state index < -0.39 is 10.0 Å². The van der Waals surface area contributed by atoms with E-state index in [0.29, 0.717) is 11.4 Å². The van der Waals surface area contributed by atoms with E-state index in [-0.39, 0.29) is 23.9 Å². The van der Waals surface area contributed by atoms with E-state index in [4.69, 9.17) is 10.9 Å². The Morgan fingerprint density at radius 3 is 2.70 bits per heavy atom. The fourth-order valence-electron chi connectivity index (χ4n) is 2.59. The van der Waals surface area contributed by atoms with Crippen LogP contribution < -0.4 is 21.5 Å². The van der Waals surface area contributed by atoms with Gasteiger partial charge in [-0.2, -0.15) is 0 Å². The molecular weight excluding hydrogens is 366 g/mol. The zero-order valence-electron chi connectivity index (χ0n) is 14.3. The summed E-state index contributed by atoms with van der Waals surface area (Å²) in [5, 5.41) is 12.6. The van der Waals surface area contributed by atoms with E-state index >= 15 is 0 Å². The van der Waals surface area contributed by atoms with Gasteiger partial charge >= 0.3 is 0 Å². The minimum Gasteiger partial charge on any atom is -0.383 e. The summed E-state index contributed by atoms with van der Waals surface area (Å²) in [7, 11) is -3.77. The number of carbonyl (C=O) groups excluding carboxylic acids is 1. The Bertz CT molecular complexity index is 1100. The number of nitrogens with zero attached hydrogens (tertiary/aromatic N) is 1. The number of carbonyl (C=O) groups is 1. The minimum atomic E-state index is -3.77. The van der Waals surface area contributed by atoms with Crippen molar-refractivity contribution >= 4 is 38.2 Å². The second-order valence-corrected chi connectivity index (χ2v) is 7.52. The second-order valence-electron chi connectivity index (χ2n) is 5.95. The highest BCUT2D eigenvalue weighted by Gasteiger charge is 2.09. The third kappa shape index (κ3) is 4.72. The van der Waals surface area contributed by atoms with Crippen molar-refractivity contribution in [2.75, 3.05) is 17.6 Å². The molecule has 3 rings (SSSR count). The highest BCUT2D eigenvalue weighted by atomic mass is 32.2. The number of pyridine rings is 1. The number of rotatable bonds is 6. The van der Waals surface area contributed by atoms with E-state index in [1.165, 1.54) is 12.1 Å². The van der Waals surface area contributed by atoms with Crippen LogP contribution in [0.2, 0.25) is 0 Å². The Balaban J connectivity index is 1.57. The molecule has 9 heteroatoms. The number of hydrogen-bond donors (Lipinski definition) is 4. The lowest BCUT2D eigenvalue weighted by Crippen LogP contribution is -2.29. The normalized spacial score (nSPS) is 11.3. The van der Waals surface area contributed by atoms with Crippen LogP contribution in [0.5, 0.6) is 0 Å². The molecule has 1 amide bonds. The fourth-order valence-corrected chi connectivity index (χ4v) is 3.17. The molecule has 0 radical (unpaired) electrons. The number of nitrogen functional groups attached to an aromatic ring is 1. The van der Waals surface area contributed by atoms with Gasteiger partial charge in [0, 0.05) is 23.8 Å². The summed E-state index contributed by atoms with van der Waals surface area (Å²) in [6.07, 6.45) is 1.63. The first kappa shape index (κ1) is 18.6. The number of nitrogens with one attached hydrogen (secondary N) is 2. The largest absolute Gasteiger partial charge is 0.383 e. The first-order chi connectivity index (χ1) is 12.8. The maximum atomic E-state index is 12.0. The number of nitrogens with two attached hydrogens (primary N) is 2.